The van der Waals surface area contributed by atoms with Gasteiger partial charge >= 0.3 is 0 Å². The summed E-state index contributed by atoms with van der Waals surface area (Å²) >= 11 is 0. The third-order valence-corrected chi connectivity index (χ3v) is 8.97. The number of anilines is 2. The van der Waals surface area contributed by atoms with Gasteiger partial charge in [0.15, 0.2) is 0 Å². The summed E-state index contributed by atoms with van der Waals surface area (Å²) in [6.07, 6.45) is 8.39. The quantitative estimate of drug-likeness (QED) is 0.422. The van der Waals surface area contributed by atoms with Gasteiger partial charge in [-0.3, -0.25) is 4.79 Å². The molecule has 1 aromatic heterocycles. The number of rotatable bonds is 7. The largest absolute Gasteiger partial charge is 0.507 e. The summed E-state index contributed by atoms with van der Waals surface area (Å²) in [4.78, 5) is 24.7. The van der Waals surface area contributed by atoms with Crippen molar-refractivity contribution < 1.29 is 9.90 Å². The van der Waals surface area contributed by atoms with Crippen LogP contribution in [0.2, 0.25) is 0 Å². The summed E-state index contributed by atoms with van der Waals surface area (Å²) in [6.45, 7) is 8.72. The van der Waals surface area contributed by atoms with Gasteiger partial charge in [0.25, 0.3) is 5.91 Å². The normalized spacial score (nSPS) is 19.0. The molecule has 0 spiro atoms. The molecule has 1 atom stereocenters. The van der Waals surface area contributed by atoms with Crippen molar-refractivity contribution >= 4 is 23.1 Å². The van der Waals surface area contributed by atoms with Crippen LogP contribution in [0, 0.1) is 0 Å². The molecule has 3 aliphatic rings. The minimum Gasteiger partial charge on any atom is -0.507 e. The fraction of sp³-hybridized carbons (Fsp3) is 0.394. The first-order valence-corrected chi connectivity index (χ1v) is 14.6. The highest BCUT2D eigenvalue weighted by molar-refractivity contribution is 5.97. The van der Waals surface area contributed by atoms with Gasteiger partial charge < -0.3 is 25.1 Å². The fourth-order valence-electron chi connectivity index (χ4n) is 6.49. The summed E-state index contributed by atoms with van der Waals surface area (Å²) in [5, 5.41) is 13.2. The molecule has 3 heterocycles. The topological polar surface area (TPSA) is 71.9 Å². The zero-order valence-electron chi connectivity index (χ0n) is 23.4. The molecule has 3 aromatic rings. The Bertz CT molecular complexity index is 1390. The van der Waals surface area contributed by atoms with Gasteiger partial charge in [-0.15, -0.1) is 0 Å². The Balaban J connectivity index is 1.09. The van der Waals surface area contributed by atoms with E-state index in [1.54, 1.807) is 24.3 Å². The molecule has 0 radical (unpaired) electrons. The lowest BCUT2D eigenvalue weighted by atomic mass is 9.99. The van der Waals surface area contributed by atoms with E-state index in [0.717, 1.165) is 74.5 Å². The first-order chi connectivity index (χ1) is 19.5. The third-order valence-electron chi connectivity index (χ3n) is 8.97. The van der Waals surface area contributed by atoms with Gasteiger partial charge in [-0.05, 0) is 79.5 Å². The van der Waals surface area contributed by atoms with Gasteiger partial charge in [-0.1, -0.05) is 30.8 Å². The summed E-state index contributed by atoms with van der Waals surface area (Å²) < 4.78 is 0. The molecule has 1 unspecified atom stereocenters. The van der Waals surface area contributed by atoms with Crippen molar-refractivity contribution in [2.24, 2.45) is 0 Å². The zero-order valence-corrected chi connectivity index (χ0v) is 23.4. The van der Waals surface area contributed by atoms with E-state index in [1.807, 2.05) is 6.20 Å². The fourth-order valence-corrected chi connectivity index (χ4v) is 6.49. The van der Waals surface area contributed by atoms with E-state index in [1.165, 1.54) is 24.1 Å². The third kappa shape index (κ3) is 5.25. The predicted octanol–water partition coefficient (Wildman–Crippen LogP) is 5.38. The highest BCUT2D eigenvalue weighted by Gasteiger charge is 2.28. The lowest BCUT2D eigenvalue weighted by molar-refractivity contribution is 0.0934. The molecular weight excluding hydrogens is 498 g/mol. The maximum absolute atomic E-state index is 12.9. The summed E-state index contributed by atoms with van der Waals surface area (Å²) in [7, 11) is 2.16. The van der Waals surface area contributed by atoms with Crippen LogP contribution in [0.1, 0.15) is 65.2 Å². The second-order valence-electron chi connectivity index (χ2n) is 11.3. The molecule has 2 N–H and O–H groups in total. The molecule has 2 fully saturated rings. The monoisotopic (exact) mass is 537 g/mol. The van der Waals surface area contributed by atoms with Crippen LogP contribution in [0.25, 0.3) is 5.70 Å². The standard InChI is InChI=1S/C33H39N5O2/c1-23(25-10-9-24-11-12-30(29(24)21-25)35-33(40)28-7-3-4-8-31(28)39)36(2)26-14-19-37(20-15-26)27-13-16-34-32(22-27)38-17-5-6-18-38/h3-4,7-10,13,16,21-22,26,30,39H,1,5-6,11-12,14-15,17-20H2,2H3,(H,35,40). The van der Waals surface area contributed by atoms with E-state index in [4.69, 9.17) is 0 Å². The van der Waals surface area contributed by atoms with Crippen LogP contribution in [-0.2, 0) is 6.42 Å². The Morgan fingerprint density at radius 3 is 2.55 bits per heavy atom. The number of benzene rings is 2. The van der Waals surface area contributed by atoms with Crippen LogP contribution in [0.15, 0.2) is 67.4 Å². The molecule has 1 amide bonds. The lowest BCUT2D eigenvalue weighted by Gasteiger charge is -2.39. The minimum absolute atomic E-state index is 0.00369. The molecule has 40 heavy (non-hydrogen) atoms. The van der Waals surface area contributed by atoms with Crippen molar-refractivity contribution in [3.8, 4) is 5.75 Å². The van der Waals surface area contributed by atoms with E-state index in [-0.39, 0.29) is 17.7 Å². The van der Waals surface area contributed by atoms with Gasteiger partial charge in [0.05, 0.1) is 11.6 Å². The van der Waals surface area contributed by atoms with Gasteiger partial charge in [-0.25, -0.2) is 4.98 Å². The number of carbonyl (C=O) groups excluding carboxylic acids is 1. The number of carbonyl (C=O) groups is 1. The number of aryl methyl sites for hydroxylation is 1. The van der Waals surface area contributed by atoms with Crippen LogP contribution in [0.5, 0.6) is 5.75 Å². The first kappa shape index (κ1) is 26.2. The average Bonchev–Trinajstić information content (AvgIpc) is 3.67. The number of pyridine rings is 1. The number of nitrogens with one attached hydrogen (secondary N) is 1. The molecule has 7 nitrogen and oxygen atoms in total. The summed E-state index contributed by atoms with van der Waals surface area (Å²) in [6, 6.07) is 18.0. The van der Waals surface area contributed by atoms with E-state index < -0.39 is 0 Å². The molecule has 208 valence electrons. The molecule has 7 heteroatoms. The summed E-state index contributed by atoms with van der Waals surface area (Å²) in [5.41, 5.74) is 6.10. The molecule has 6 rings (SSSR count). The number of amides is 1. The number of phenolic OH excluding ortho intramolecular Hbond substituents is 1. The van der Waals surface area contributed by atoms with Crippen molar-refractivity contribution in [3.05, 3.63) is 89.6 Å². The SMILES string of the molecule is C=C(c1ccc2c(c1)C(NC(=O)c1ccccc1O)CC2)N(C)C1CCN(c2ccnc(N3CCCC3)c2)CC1. The summed E-state index contributed by atoms with van der Waals surface area (Å²) in [5.74, 6) is 0.865. The average molecular weight is 538 g/mol. The molecule has 2 aromatic carbocycles. The number of aromatic nitrogens is 1. The van der Waals surface area contributed by atoms with E-state index in [2.05, 4.69) is 69.0 Å². The molecule has 1 aliphatic carbocycles. The maximum atomic E-state index is 12.9. The predicted molar refractivity (Wildman–Crippen MR) is 161 cm³/mol. The number of fused-ring (bicyclic) bond motifs is 1. The highest BCUT2D eigenvalue weighted by Crippen LogP contribution is 2.35. The van der Waals surface area contributed by atoms with Crippen molar-refractivity contribution in [1.29, 1.82) is 0 Å². The van der Waals surface area contributed by atoms with Gasteiger partial charge in [0, 0.05) is 62.9 Å². The molecule has 0 saturated carbocycles. The molecular formula is C33H39N5O2. The number of aromatic hydroxyl groups is 1. The van der Waals surface area contributed by atoms with Gasteiger partial charge in [-0.2, -0.15) is 0 Å². The van der Waals surface area contributed by atoms with Crippen molar-refractivity contribution in [1.82, 2.24) is 15.2 Å². The van der Waals surface area contributed by atoms with E-state index >= 15 is 0 Å². The van der Waals surface area contributed by atoms with Crippen LogP contribution in [-0.4, -0.2) is 60.2 Å². The first-order valence-electron chi connectivity index (χ1n) is 14.6. The number of para-hydroxylation sites is 1. The number of piperidine rings is 1. The van der Waals surface area contributed by atoms with Crippen LogP contribution in [0.4, 0.5) is 11.5 Å². The van der Waals surface area contributed by atoms with E-state index in [0.29, 0.717) is 11.6 Å². The Morgan fingerprint density at radius 1 is 1.00 bits per heavy atom. The Labute approximate surface area is 237 Å². The Kier molecular flexibility index (Phi) is 7.37. The van der Waals surface area contributed by atoms with Crippen LogP contribution in [0.3, 0.4) is 0 Å². The highest BCUT2D eigenvalue weighted by atomic mass is 16.3. The van der Waals surface area contributed by atoms with Crippen molar-refractivity contribution in [2.75, 3.05) is 43.0 Å². The van der Waals surface area contributed by atoms with Crippen molar-refractivity contribution in [2.45, 2.75) is 50.6 Å². The number of phenols is 1. The maximum Gasteiger partial charge on any atom is 0.255 e. The Morgan fingerprint density at radius 2 is 1.77 bits per heavy atom. The number of hydrogen-bond acceptors (Lipinski definition) is 6. The molecule has 2 aliphatic heterocycles. The Hall–Kier alpha value is -4.00. The number of hydrogen-bond donors (Lipinski definition) is 2. The lowest BCUT2D eigenvalue weighted by Crippen LogP contribution is -2.42. The minimum atomic E-state index is -0.245. The van der Waals surface area contributed by atoms with Crippen molar-refractivity contribution in [3.63, 3.8) is 0 Å². The molecule has 2 saturated heterocycles. The van der Waals surface area contributed by atoms with Crippen LogP contribution >= 0.6 is 0 Å². The molecule has 0 bridgehead atoms. The second-order valence-corrected chi connectivity index (χ2v) is 11.3. The second kappa shape index (κ2) is 11.2. The zero-order chi connectivity index (χ0) is 27.6. The van der Waals surface area contributed by atoms with E-state index in [9.17, 15) is 9.90 Å². The van der Waals surface area contributed by atoms with Crippen LogP contribution < -0.4 is 15.1 Å². The van der Waals surface area contributed by atoms with Gasteiger partial charge in [0.2, 0.25) is 0 Å². The smallest absolute Gasteiger partial charge is 0.255 e. The van der Waals surface area contributed by atoms with Gasteiger partial charge in [0.1, 0.15) is 11.6 Å². The number of nitrogens with zero attached hydrogens (tertiary/aromatic N) is 4.